The van der Waals surface area contributed by atoms with Gasteiger partial charge in [0.2, 0.25) is 5.91 Å². The second-order valence-corrected chi connectivity index (χ2v) is 5.97. The third-order valence-corrected chi connectivity index (χ3v) is 4.38. The van der Waals surface area contributed by atoms with Gasteiger partial charge >= 0.3 is 0 Å². The van der Waals surface area contributed by atoms with E-state index in [2.05, 4.69) is 41.4 Å². The lowest BCUT2D eigenvalue weighted by atomic mass is 10.0. The molecule has 0 radical (unpaired) electrons. The first-order valence-corrected chi connectivity index (χ1v) is 8.36. The van der Waals surface area contributed by atoms with Crippen molar-refractivity contribution < 1.29 is 4.79 Å². The Morgan fingerprint density at radius 3 is 2.62 bits per heavy atom. The smallest absolute Gasteiger partial charge is 0.220 e. The van der Waals surface area contributed by atoms with Crippen molar-refractivity contribution in [2.45, 2.75) is 45.4 Å². The van der Waals surface area contributed by atoms with Crippen LogP contribution in [0.5, 0.6) is 0 Å². The zero-order valence-electron chi connectivity index (χ0n) is 13.2. The molecule has 0 aromatic heterocycles. The van der Waals surface area contributed by atoms with Gasteiger partial charge in [-0.1, -0.05) is 31.0 Å². The molecule has 1 aromatic carbocycles. The Kier molecular flexibility index (Phi) is 6.58. The first-order valence-electron chi connectivity index (χ1n) is 8.36. The number of benzene rings is 1. The number of carbonyl (C=O) groups excluding carboxylic acids is 1. The van der Waals surface area contributed by atoms with Crippen molar-refractivity contribution in [2.24, 2.45) is 5.92 Å². The molecule has 0 spiro atoms. The molecule has 1 saturated carbocycles. The van der Waals surface area contributed by atoms with Crippen molar-refractivity contribution in [3.05, 3.63) is 30.3 Å². The van der Waals surface area contributed by atoms with E-state index in [-0.39, 0.29) is 5.91 Å². The minimum absolute atomic E-state index is 0.240. The van der Waals surface area contributed by atoms with E-state index in [1.54, 1.807) is 0 Å². The summed E-state index contributed by atoms with van der Waals surface area (Å²) < 4.78 is 0. The Hall–Kier alpha value is -1.51. The lowest BCUT2D eigenvalue weighted by Crippen LogP contribution is -2.30. The van der Waals surface area contributed by atoms with E-state index in [0.29, 0.717) is 5.92 Å². The van der Waals surface area contributed by atoms with Gasteiger partial charge in [0.05, 0.1) is 0 Å². The van der Waals surface area contributed by atoms with Crippen LogP contribution in [0.2, 0.25) is 0 Å². The average Bonchev–Trinajstić information content (AvgIpc) is 3.01. The molecule has 1 aromatic rings. The summed E-state index contributed by atoms with van der Waals surface area (Å²) in [5.74, 6) is 0.881. The highest BCUT2D eigenvalue weighted by molar-refractivity contribution is 5.76. The molecular weight excluding hydrogens is 260 g/mol. The van der Waals surface area contributed by atoms with Crippen molar-refractivity contribution in [3.63, 3.8) is 0 Å². The fourth-order valence-corrected chi connectivity index (χ4v) is 3.16. The molecule has 2 rings (SSSR count). The number of rotatable bonds is 8. The molecule has 116 valence electrons. The van der Waals surface area contributed by atoms with Crippen molar-refractivity contribution in [1.29, 1.82) is 0 Å². The topological polar surface area (TPSA) is 32.3 Å². The third kappa shape index (κ3) is 5.41. The SMILES string of the molecule is CCN(CCCNC(=O)CC1CCCC1)c1ccccc1. The van der Waals surface area contributed by atoms with Crippen LogP contribution in [-0.2, 0) is 4.79 Å². The average molecular weight is 288 g/mol. The summed E-state index contributed by atoms with van der Waals surface area (Å²) in [5, 5.41) is 3.07. The number of nitrogens with zero attached hydrogens (tertiary/aromatic N) is 1. The molecule has 1 aliphatic carbocycles. The molecule has 0 atom stereocenters. The van der Waals surface area contributed by atoms with Gasteiger partial charge in [0.25, 0.3) is 0 Å². The predicted molar refractivity (Wildman–Crippen MR) is 88.5 cm³/mol. The maximum Gasteiger partial charge on any atom is 0.220 e. The molecule has 21 heavy (non-hydrogen) atoms. The highest BCUT2D eigenvalue weighted by Gasteiger charge is 2.17. The van der Waals surface area contributed by atoms with Gasteiger partial charge in [-0.15, -0.1) is 0 Å². The number of nitrogens with one attached hydrogen (secondary N) is 1. The summed E-state index contributed by atoms with van der Waals surface area (Å²) in [6.45, 7) is 4.95. The van der Waals surface area contributed by atoms with E-state index in [4.69, 9.17) is 0 Å². The number of para-hydroxylation sites is 1. The minimum Gasteiger partial charge on any atom is -0.372 e. The van der Waals surface area contributed by atoms with Gasteiger partial charge in [-0.3, -0.25) is 4.79 Å². The van der Waals surface area contributed by atoms with Crippen LogP contribution in [0.15, 0.2) is 30.3 Å². The summed E-state index contributed by atoms with van der Waals surface area (Å²) in [5.41, 5.74) is 1.26. The standard InChI is InChI=1S/C18H28N2O/c1-2-20(17-11-4-3-5-12-17)14-8-13-19-18(21)15-16-9-6-7-10-16/h3-5,11-12,16H,2,6-10,13-15H2,1H3,(H,19,21). The van der Waals surface area contributed by atoms with Crippen LogP contribution < -0.4 is 10.2 Å². The second-order valence-electron chi connectivity index (χ2n) is 5.97. The molecule has 0 saturated heterocycles. The second kappa shape index (κ2) is 8.71. The minimum atomic E-state index is 0.240. The molecule has 0 unspecified atom stereocenters. The van der Waals surface area contributed by atoms with Gasteiger partial charge < -0.3 is 10.2 Å². The normalized spacial score (nSPS) is 15.1. The molecule has 1 N–H and O–H groups in total. The molecule has 1 amide bonds. The molecule has 3 heteroatoms. The maximum atomic E-state index is 11.9. The van der Waals surface area contributed by atoms with Gasteiger partial charge in [-0.25, -0.2) is 0 Å². The van der Waals surface area contributed by atoms with Crippen LogP contribution in [0.25, 0.3) is 0 Å². The van der Waals surface area contributed by atoms with Crippen LogP contribution in [0.1, 0.15) is 45.4 Å². The molecule has 1 aliphatic rings. The lowest BCUT2D eigenvalue weighted by Gasteiger charge is -2.23. The van der Waals surface area contributed by atoms with Gasteiger partial charge in [0.15, 0.2) is 0 Å². The summed E-state index contributed by atoms with van der Waals surface area (Å²) >= 11 is 0. The van der Waals surface area contributed by atoms with Gasteiger partial charge in [-0.2, -0.15) is 0 Å². The zero-order chi connectivity index (χ0) is 14.9. The Morgan fingerprint density at radius 2 is 1.95 bits per heavy atom. The Labute approximate surface area is 128 Å². The van der Waals surface area contributed by atoms with E-state index in [1.807, 2.05) is 6.07 Å². The molecule has 0 heterocycles. The van der Waals surface area contributed by atoms with Crippen molar-refractivity contribution in [2.75, 3.05) is 24.5 Å². The Morgan fingerprint density at radius 1 is 1.24 bits per heavy atom. The lowest BCUT2D eigenvalue weighted by molar-refractivity contribution is -0.121. The summed E-state index contributed by atoms with van der Waals surface area (Å²) in [6.07, 6.45) is 6.83. The Balaban J connectivity index is 1.63. The molecule has 1 fully saturated rings. The number of hydrogen-bond acceptors (Lipinski definition) is 2. The predicted octanol–water partition coefficient (Wildman–Crippen LogP) is 3.60. The van der Waals surface area contributed by atoms with Crippen molar-refractivity contribution in [1.82, 2.24) is 5.32 Å². The molecule has 0 bridgehead atoms. The van der Waals surface area contributed by atoms with Crippen LogP contribution in [0.3, 0.4) is 0 Å². The van der Waals surface area contributed by atoms with Crippen LogP contribution in [0.4, 0.5) is 5.69 Å². The van der Waals surface area contributed by atoms with Crippen LogP contribution >= 0.6 is 0 Å². The van der Waals surface area contributed by atoms with Gasteiger partial charge in [0, 0.05) is 31.7 Å². The van der Waals surface area contributed by atoms with Crippen molar-refractivity contribution in [3.8, 4) is 0 Å². The van der Waals surface area contributed by atoms with E-state index in [9.17, 15) is 4.79 Å². The summed E-state index contributed by atoms with van der Waals surface area (Å²) in [6, 6.07) is 10.5. The van der Waals surface area contributed by atoms with E-state index in [1.165, 1.54) is 31.4 Å². The maximum absolute atomic E-state index is 11.9. The van der Waals surface area contributed by atoms with E-state index >= 15 is 0 Å². The quantitative estimate of drug-likeness (QED) is 0.741. The first kappa shape index (κ1) is 15.9. The molecule has 0 aliphatic heterocycles. The van der Waals surface area contributed by atoms with Gasteiger partial charge in [0.1, 0.15) is 0 Å². The number of hydrogen-bond donors (Lipinski definition) is 1. The van der Waals surface area contributed by atoms with Crippen LogP contribution in [0, 0.1) is 5.92 Å². The number of carbonyl (C=O) groups is 1. The zero-order valence-corrected chi connectivity index (χ0v) is 13.2. The molecule has 3 nitrogen and oxygen atoms in total. The largest absolute Gasteiger partial charge is 0.372 e. The van der Waals surface area contributed by atoms with Crippen molar-refractivity contribution >= 4 is 11.6 Å². The monoisotopic (exact) mass is 288 g/mol. The van der Waals surface area contributed by atoms with E-state index < -0.39 is 0 Å². The highest BCUT2D eigenvalue weighted by atomic mass is 16.1. The Bertz CT molecular complexity index is 412. The fraction of sp³-hybridized carbons (Fsp3) is 0.611. The highest BCUT2D eigenvalue weighted by Crippen LogP contribution is 2.27. The first-order chi connectivity index (χ1) is 10.3. The number of anilines is 1. The number of amides is 1. The van der Waals surface area contributed by atoms with Gasteiger partial charge in [-0.05, 0) is 44.2 Å². The summed E-state index contributed by atoms with van der Waals surface area (Å²) in [7, 11) is 0. The van der Waals surface area contributed by atoms with Crippen LogP contribution in [-0.4, -0.2) is 25.5 Å². The fourth-order valence-electron chi connectivity index (χ4n) is 3.16. The summed E-state index contributed by atoms with van der Waals surface area (Å²) in [4.78, 5) is 14.2. The van der Waals surface area contributed by atoms with E-state index in [0.717, 1.165) is 32.5 Å². The third-order valence-electron chi connectivity index (χ3n) is 4.38. The molecular formula is C18H28N2O.